The van der Waals surface area contributed by atoms with Crippen LogP contribution in [0.2, 0.25) is 0 Å². The van der Waals surface area contributed by atoms with Crippen molar-refractivity contribution in [3.8, 4) is 17.2 Å². The number of aromatic nitrogens is 1. The molecule has 3 aromatic carbocycles. The zero-order chi connectivity index (χ0) is 25.6. The molecule has 178 valence electrons. The van der Waals surface area contributed by atoms with Crippen LogP contribution in [-0.2, 0) is 5.41 Å². The van der Waals surface area contributed by atoms with Gasteiger partial charge in [0.15, 0.2) is 12.4 Å². The Balaban J connectivity index is 0.000000196. The van der Waals surface area contributed by atoms with Crippen LogP contribution in [0.4, 0.5) is 11.4 Å². The van der Waals surface area contributed by atoms with Gasteiger partial charge in [-0.2, -0.15) is 4.57 Å². The van der Waals surface area contributed by atoms with E-state index in [2.05, 4.69) is 13.8 Å². The molecule has 9 heteroatoms. The van der Waals surface area contributed by atoms with Gasteiger partial charge in [0.05, 0.1) is 9.85 Å². The molecule has 1 aromatic heterocycles. The predicted octanol–water partition coefficient (Wildman–Crippen LogP) is 5.20. The standard InChI is InChI=1S/C15H16O2.C11H8N3O4/c1-15(2,11-3-7-13(16)8-4-11)12-5-9-14(17)10-6-12;15-13(16)9-4-5-10(11(8-9)14(17)18)12-6-2-1-3-7-12/h3-10,16-17H,1-2H3;1-8H/q;+1. The summed E-state index contributed by atoms with van der Waals surface area (Å²) in [5, 5.41) is 40.1. The molecule has 0 saturated heterocycles. The number of hydrogen-bond acceptors (Lipinski definition) is 6. The van der Waals surface area contributed by atoms with Gasteiger partial charge >= 0.3 is 5.69 Å². The molecule has 4 aromatic rings. The zero-order valence-electron chi connectivity index (χ0n) is 19.1. The normalized spacial score (nSPS) is 10.7. The van der Waals surface area contributed by atoms with Gasteiger partial charge in [-0.05, 0) is 35.4 Å². The number of aromatic hydroxyl groups is 2. The molecule has 0 saturated carbocycles. The Labute approximate surface area is 201 Å². The highest BCUT2D eigenvalue weighted by molar-refractivity contribution is 5.53. The maximum absolute atomic E-state index is 10.9. The summed E-state index contributed by atoms with van der Waals surface area (Å²) < 4.78 is 1.53. The second-order valence-corrected chi connectivity index (χ2v) is 8.19. The SMILES string of the molecule is CC(C)(c1ccc(O)cc1)c1ccc(O)cc1.O=[N+]([O-])c1ccc(-[n+]2ccccc2)c([N+](=O)[O-])c1. The molecule has 1 heterocycles. The largest absolute Gasteiger partial charge is 0.508 e. The molecule has 0 fully saturated rings. The van der Waals surface area contributed by atoms with E-state index in [4.69, 9.17) is 0 Å². The average Bonchev–Trinajstić information content (AvgIpc) is 2.85. The predicted molar refractivity (Wildman–Crippen MR) is 130 cm³/mol. The van der Waals surface area contributed by atoms with E-state index in [0.717, 1.165) is 17.2 Å². The second kappa shape index (κ2) is 10.4. The highest BCUT2D eigenvalue weighted by Gasteiger charge is 2.26. The number of pyridine rings is 1. The molecule has 2 N–H and O–H groups in total. The summed E-state index contributed by atoms with van der Waals surface area (Å²) in [5.74, 6) is 0.547. The number of hydrogen-bond donors (Lipinski definition) is 2. The number of benzene rings is 3. The van der Waals surface area contributed by atoms with E-state index in [-0.39, 0.29) is 34.0 Å². The van der Waals surface area contributed by atoms with Crippen molar-refractivity contribution in [2.45, 2.75) is 19.3 Å². The van der Waals surface area contributed by atoms with Crippen molar-refractivity contribution >= 4 is 11.4 Å². The van der Waals surface area contributed by atoms with E-state index >= 15 is 0 Å². The molecule has 0 radical (unpaired) electrons. The van der Waals surface area contributed by atoms with Gasteiger partial charge in [0.1, 0.15) is 17.6 Å². The van der Waals surface area contributed by atoms with E-state index in [1.807, 2.05) is 24.3 Å². The summed E-state index contributed by atoms with van der Waals surface area (Å²) in [4.78, 5) is 20.2. The molecule has 0 unspecified atom stereocenters. The quantitative estimate of drug-likeness (QED) is 0.232. The molecule has 9 nitrogen and oxygen atoms in total. The fraction of sp³-hybridized carbons (Fsp3) is 0.115. The zero-order valence-corrected chi connectivity index (χ0v) is 19.1. The van der Waals surface area contributed by atoms with Crippen LogP contribution in [0.5, 0.6) is 11.5 Å². The van der Waals surface area contributed by atoms with Crippen LogP contribution in [-0.4, -0.2) is 20.1 Å². The van der Waals surface area contributed by atoms with E-state index in [9.17, 15) is 30.4 Å². The van der Waals surface area contributed by atoms with Crippen LogP contribution in [0.25, 0.3) is 5.69 Å². The second-order valence-electron chi connectivity index (χ2n) is 8.19. The molecule has 0 atom stereocenters. The van der Waals surface area contributed by atoms with E-state index in [0.29, 0.717) is 0 Å². The van der Waals surface area contributed by atoms with Crippen molar-refractivity contribution in [3.05, 3.63) is 129 Å². The van der Waals surface area contributed by atoms with Gasteiger partial charge in [0.2, 0.25) is 0 Å². The van der Waals surface area contributed by atoms with Crippen molar-refractivity contribution in [2.75, 3.05) is 0 Å². The van der Waals surface area contributed by atoms with Crippen LogP contribution in [0.3, 0.4) is 0 Å². The van der Waals surface area contributed by atoms with Gasteiger partial charge in [0, 0.05) is 29.7 Å². The first-order chi connectivity index (χ1) is 16.6. The fourth-order valence-electron chi connectivity index (χ4n) is 3.47. The Morgan fingerprint density at radius 3 is 1.63 bits per heavy atom. The number of nitro benzene ring substituents is 2. The van der Waals surface area contributed by atoms with E-state index < -0.39 is 9.85 Å². The van der Waals surface area contributed by atoms with Crippen molar-refractivity contribution in [3.63, 3.8) is 0 Å². The summed E-state index contributed by atoms with van der Waals surface area (Å²) in [6.45, 7) is 4.23. The molecule has 35 heavy (non-hydrogen) atoms. The minimum absolute atomic E-state index is 0.151. The number of nitrogens with zero attached hydrogens (tertiary/aromatic N) is 3. The summed E-state index contributed by atoms with van der Waals surface area (Å²) >= 11 is 0. The first-order valence-electron chi connectivity index (χ1n) is 10.6. The highest BCUT2D eigenvalue weighted by atomic mass is 16.6. The summed E-state index contributed by atoms with van der Waals surface area (Å²) in [7, 11) is 0. The van der Waals surface area contributed by atoms with Crippen molar-refractivity contribution in [1.29, 1.82) is 0 Å². The van der Waals surface area contributed by atoms with Crippen molar-refractivity contribution in [2.24, 2.45) is 0 Å². The first kappa shape index (κ1) is 24.8. The lowest BCUT2D eigenvalue weighted by Gasteiger charge is -2.26. The minimum Gasteiger partial charge on any atom is -0.508 e. The Hall–Kier alpha value is -4.79. The maximum Gasteiger partial charge on any atom is 0.347 e. The number of nitro groups is 2. The van der Waals surface area contributed by atoms with Gasteiger partial charge in [-0.1, -0.05) is 44.2 Å². The van der Waals surface area contributed by atoms with Crippen molar-refractivity contribution in [1.82, 2.24) is 0 Å². The molecule has 0 aliphatic heterocycles. The molecule has 0 aliphatic rings. The Bertz CT molecular complexity index is 1270. The molecule has 0 bridgehead atoms. The van der Waals surface area contributed by atoms with Gasteiger partial charge in [-0.15, -0.1) is 0 Å². The maximum atomic E-state index is 10.9. The minimum atomic E-state index is -0.660. The van der Waals surface area contributed by atoms with Crippen LogP contribution in [0.15, 0.2) is 97.3 Å². The lowest BCUT2D eigenvalue weighted by Crippen LogP contribution is -2.30. The van der Waals surface area contributed by atoms with Crippen LogP contribution in [0, 0.1) is 20.2 Å². The lowest BCUT2D eigenvalue weighted by molar-refractivity contribution is -0.600. The molecule has 4 rings (SSSR count). The monoisotopic (exact) mass is 474 g/mol. The van der Waals surface area contributed by atoms with Crippen LogP contribution < -0.4 is 4.57 Å². The third-order valence-electron chi connectivity index (χ3n) is 5.54. The molecular formula is C26H24N3O6+. The number of phenolic OH excluding ortho intramolecular Hbond substituents is 2. The molecule has 0 spiro atoms. The third kappa shape index (κ3) is 5.97. The molecule has 0 amide bonds. The van der Waals surface area contributed by atoms with Crippen LogP contribution >= 0.6 is 0 Å². The van der Waals surface area contributed by atoms with Gasteiger partial charge in [-0.25, -0.2) is 0 Å². The fourth-order valence-corrected chi connectivity index (χ4v) is 3.47. The lowest BCUT2D eigenvalue weighted by atomic mass is 9.78. The topological polar surface area (TPSA) is 131 Å². The third-order valence-corrected chi connectivity index (χ3v) is 5.54. The number of non-ortho nitro benzene ring substituents is 1. The Morgan fingerprint density at radius 1 is 0.714 bits per heavy atom. The number of rotatable bonds is 5. The average molecular weight is 474 g/mol. The Morgan fingerprint density at radius 2 is 1.20 bits per heavy atom. The Kier molecular flexibility index (Phi) is 7.40. The smallest absolute Gasteiger partial charge is 0.347 e. The highest BCUT2D eigenvalue weighted by Crippen LogP contribution is 2.33. The summed E-state index contributed by atoms with van der Waals surface area (Å²) in [5.41, 5.74) is 1.78. The van der Waals surface area contributed by atoms with Crippen molar-refractivity contribution < 1.29 is 24.6 Å². The summed E-state index contributed by atoms with van der Waals surface area (Å²) in [6, 6.07) is 23.2. The van der Waals surface area contributed by atoms with Crippen LogP contribution in [0.1, 0.15) is 25.0 Å². The molecular weight excluding hydrogens is 450 g/mol. The number of phenols is 2. The first-order valence-corrected chi connectivity index (χ1v) is 10.6. The summed E-state index contributed by atoms with van der Waals surface area (Å²) in [6.07, 6.45) is 3.27. The van der Waals surface area contributed by atoms with Gasteiger partial charge in [-0.3, -0.25) is 20.2 Å². The van der Waals surface area contributed by atoms with E-state index in [1.54, 1.807) is 54.9 Å². The molecule has 0 aliphatic carbocycles. The van der Waals surface area contributed by atoms with Gasteiger partial charge in [0.25, 0.3) is 11.4 Å². The van der Waals surface area contributed by atoms with Gasteiger partial charge < -0.3 is 10.2 Å². The van der Waals surface area contributed by atoms with E-state index in [1.165, 1.54) is 16.7 Å².